The molecule has 2 heterocycles. The highest BCUT2D eigenvalue weighted by Crippen LogP contribution is 2.52. The number of amides is 1. The maximum Gasteiger partial charge on any atom is 0.416 e. The van der Waals surface area contributed by atoms with Crippen LogP contribution < -0.4 is 10.3 Å². The lowest BCUT2D eigenvalue weighted by Crippen LogP contribution is -2.42. The van der Waals surface area contributed by atoms with Crippen molar-refractivity contribution in [3.63, 3.8) is 0 Å². The lowest BCUT2D eigenvalue weighted by Gasteiger charge is -2.30. The fourth-order valence-electron chi connectivity index (χ4n) is 5.35. The number of aliphatic hydroxyl groups excluding tert-OH is 1. The number of H-pyrrole nitrogens is 1. The SMILES string of the molecule is O=C(C(O)c1cccc(Oc2cccc(C(F)(F)F)c2)c1)N1CCc2nc(C3(c4cccc(Cl)c4)CC3)[nH]c(=O)c2C1. The molecule has 1 saturated carbocycles. The molecule has 4 aromatic rings. The van der Waals surface area contributed by atoms with Crippen molar-refractivity contribution in [2.45, 2.75) is 43.5 Å². The summed E-state index contributed by atoms with van der Waals surface area (Å²) < 4.78 is 44.8. The van der Waals surface area contributed by atoms with E-state index in [1.54, 1.807) is 6.07 Å². The Bertz CT molecular complexity index is 1740. The van der Waals surface area contributed by atoms with Gasteiger partial charge in [-0.1, -0.05) is 41.9 Å². The molecular weight excluding hydrogens is 571 g/mol. The Morgan fingerprint density at radius 1 is 1.05 bits per heavy atom. The van der Waals surface area contributed by atoms with Gasteiger partial charge in [-0.05, 0) is 66.4 Å². The van der Waals surface area contributed by atoms with Crippen LogP contribution in [0.15, 0.2) is 77.6 Å². The summed E-state index contributed by atoms with van der Waals surface area (Å²) in [5.41, 5.74) is 0.620. The van der Waals surface area contributed by atoms with Crippen LogP contribution in [0.2, 0.25) is 5.02 Å². The Morgan fingerprint density at radius 2 is 1.76 bits per heavy atom. The monoisotopic (exact) mass is 595 g/mol. The van der Waals surface area contributed by atoms with Crippen molar-refractivity contribution in [3.05, 3.63) is 122 Å². The van der Waals surface area contributed by atoms with E-state index >= 15 is 0 Å². The maximum atomic E-state index is 13.3. The number of hydrogen-bond acceptors (Lipinski definition) is 5. The van der Waals surface area contributed by atoms with Gasteiger partial charge >= 0.3 is 6.18 Å². The molecule has 1 aliphatic heterocycles. The smallest absolute Gasteiger partial charge is 0.416 e. The van der Waals surface area contributed by atoms with Gasteiger partial charge in [-0.2, -0.15) is 13.2 Å². The number of ether oxygens (including phenoxy) is 1. The Morgan fingerprint density at radius 3 is 2.48 bits per heavy atom. The Kier molecular flexibility index (Phi) is 7.06. The highest BCUT2D eigenvalue weighted by atomic mass is 35.5. The number of aliphatic hydroxyl groups is 1. The molecular formula is C31H25ClF3N3O4. The van der Waals surface area contributed by atoms with Gasteiger partial charge in [0.25, 0.3) is 11.5 Å². The number of nitrogens with one attached hydrogen (secondary N) is 1. The average molecular weight is 596 g/mol. The third-order valence-electron chi connectivity index (χ3n) is 7.77. The Labute approximate surface area is 243 Å². The second-order valence-corrected chi connectivity index (χ2v) is 11.0. The first-order valence-electron chi connectivity index (χ1n) is 13.3. The van der Waals surface area contributed by atoms with E-state index in [0.717, 1.165) is 30.5 Å². The highest BCUT2D eigenvalue weighted by Gasteiger charge is 2.49. The van der Waals surface area contributed by atoms with Crippen LogP contribution in [-0.4, -0.2) is 32.4 Å². The molecule has 2 N–H and O–H groups in total. The zero-order valence-electron chi connectivity index (χ0n) is 22.1. The van der Waals surface area contributed by atoms with Crippen LogP contribution in [0, 0.1) is 0 Å². The molecule has 1 amide bonds. The lowest BCUT2D eigenvalue weighted by atomic mass is 9.94. The van der Waals surface area contributed by atoms with E-state index < -0.39 is 23.8 Å². The van der Waals surface area contributed by atoms with Gasteiger partial charge in [0.1, 0.15) is 17.3 Å². The number of halogens is 4. The predicted molar refractivity (Wildman–Crippen MR) is 148 cm³/mol. The quantitative estimate of drug-likeness (QED) is 0.288. The lowest BCUT2D eigenvalue weighted by molar-refractivity contribution is -0.141. The third kappa shape index (κ3) is 5.39. The average Bonchev–Trinajstić information content (AvgIpc) is 3.78. The molecule has 3 aromatic carbocycles. The Hall–Kier alpha value is -4.15. The van der Waals surface area contributed by atoms with Crippen molar-refractivity contribution >= 4 is 17.5 Å². The number of nitrogens with zero attached hydrogens (tertiary/aromatic N) is 2. The number of carbonyl (C=O) groups excluding carboxylic acids is 1. The van der Waals surface area contributed by atoms with Crippen LogP contribution in [-0.2, 0) is 29.4 Å². The van der Waals surface area contributed by atoms with Crippen LogP contribution in [0.5, 0.6) is 11.5 Å². The van der Waals surface area contributed by atoms with E-state index in [4.69, 9.17) is 21.3 Å². The zero-order valence-corrected chi connectivity index (χ0v) is 22.9. The summed E-state index contributed by atoms with van der Waals surface area (Å²) in [5.74, 6) is 0.0956. The van der Waals surface area contributed by atoms with E-state index in [1.807, 2.05) is 18.2 Å². The van der Waals surface area contributed by atoms with Gasteiger partial charge < -0.3 is 19.7 Å². The van der Waals surface area contributed by atoms with Gasteiger partial charge in [0.05, 0.1) is 28.8 Å². The standard InChI is InChI=1S/C31H25ClF3N3O4/c32-21-7-2-5-19(15-21)30(11-12-30)29-36-25-10-13-38(17-24(25)27(40)37-29)28(41)26(39)18-4-1-8-22(14-18)42-23-9-3-6-20(16-23)31(33,34)35/h1-9,14-16,26,39H,10-13,17H2,(H,36,37,40). The van der Waals surface area contributed by atoms with Crippen molar-refractivity contribution in [1.82, 2.24) is 14.9 Å². The summed E-state index contributed by atoms with van der Waals surface area (Å²) in [6, 6.07) is 17.9. The second-order valence-electron chi connectivity index (χ2n) is 10.5. The summed E-state index contributed by atoms with van der Waals surface area (Å²) in [6.07, 6.45) is -4.08. The van der Waals surface area contributed by atoms with Crippen molar-refractivity contribution < 1.29 is 27.8 Å². The number of aromatic amines is 1. The highest BCUT2D eigenvalue weighted by molar-refractivity contribution is 6.30. The minimum absolute atomic E-state index is 0.0154. The molecule has 1 fully saturated rings. The first-order valence-corrected chi connectivity index (χ1v) is 13.7. The van der Waals surface area contributed by atoms with Crippen LogP contribution in [0.4, 0.5) is 13.2 Å². The molecule has 1 aromatic heterocycles. The van der Waals surface area contributed by atoms with Crippen molar-refractivity contribution in [3.8, 4) is 11.5 Å². The number of fused-ring (bicyclic) bond motifs is 1. The van der Waals surface area contributed by atoms with Crippen molar-refractivity contribution in [1.29, 1.82) is 0 Å². The molecule has 0 saturated heterocycles. The maximum absolute atomic E-state index is 13.3. The van der Waals surface area contributed by atoms with E-state index in [9.17, 15) is 27.9 Å². The minimum atomic E-state index is -4.52. The van der Waals surface area contributed by atoms with E-state index in [2.05, 4.69) is 4.98 Å². The third-order valence-corrected chi connectivity index (χ3v) is 8.00. The number of benzene rings is 3. The van der Waals surface area contributed by atoms with Crippen LogP contribution in [0.25, 0.3) is 0 Å². The fraction of sp³-hybridized carbons (Fsp3) is 0.258. The van der Waals surface area contributed by atoms with Gasteiger partial charge in [0.2, 0.25) is 0 Å². The van der Waals surface area contributed by atoms with Crippen molar-refractivity contribution in [2.75, 3.05) is 6.54 Å². The van der Waals surface area contributed by atoms with Crippen LogP contribution in [0.1, 0.15) is 52.7 Å². The predicted octanol–water partition coefficient (Wildman–Crippen LogP) is 5.93. The summed E-state index contributed by atoms with van der Waals surface area (Å²) in [5, 5.41) is 11.5. The topological polar surface area (TPSA) is 95.5 Å². The van der Waals surface area contributed by atoms with Gasteiger partial charge in [-0.3, -0.25) is 9.59 Å². The summed E-state index contributed by atoms with van der Waals surface area (Å²) in [7, 11) is 0. The summed E-state index contributed by atoms with van der Waals surface area (Å²) in [4.78, 5) is 35.5. The first kappa shape index (κ1) is 28.0. The number of aromatic nitrogens is 2. The molecule has 11 heteroatoms. The molecule has 42 heavy (non-hydrogen) atoms. The first-order chi connectivity index (χ1) is 20.0. The number of alkyl halides is 3. The van der Waals surface area contributed by atoms with Crippen LogP contribution in [0.3, 0.4) is 0 Å². The number of carbonyl (C=O) groups is 1. The van der Waals surface area contributed by atoms with Gasteiger partial charge in [0.15, 0.2) is 6.10 Å². The second kappa shape index (κ2) is 10.6. The molecule has 6 rings (SSSR count). The molecule has 0 bridgehead atoms. The zero-order chi connectivity index (χ0) is 29.6. The molecule has 1 atom stereocenters. The molecule has 0 radical (unpaired) electrons. The van der Waals surface area contributed by atoms with Crippen molar-refractivity contribution in [2.24, 2.45) is 0 Å². The molecule has 1 aliphatic carbocycles. The largest absolute Gasteiger partial charge is 0.457 e. The molecule has 7 nitrogen and oxygen atoms in total. The molecule has 0 spiro atoms. The van der Waals surface area contributed by atoms with Crippen LogP contribution >= 0.6 is 11.6 Å². The fourth-order valence-corrected chi connectivity index (χ4v) is 5.54. The van der Waals surface area contributed by atoms with Gasteiger partial charge in [-0.25, -0.2) is 4.98 Å². The number of hydrogen-bond donors (Lipinski definition) is 2. The summed E-state index contributed by atoms with van der Waals surface area (Å²) in [6.45, 7) is 0.238. The number of rotatable bonds is 6. The van der Waals surface area contributed by atoms with E-state index in [1.165, 1.54) is 41.3 Å². The van der Waals surface area contributed by atoms with Gasteiger partial charge in [0, 0.05) is 18.0 Å². The molecule has 1 unspecified atom stereocenters. The van der Waals surface area contributed by atoms with E-state index in [0.29, 0.717) is 28.5 Å². The normalized spacial score (nSPS) is 16.5. The summed E-state index contributed by atoms with van der Waals surface area (Å²) >= 11 is 6.20. The molecule has 2 aliphatic rings. The van der Waals surface area contributed by atoms with Gasteiger partial charge in [-0.15, -0.1) is 0 Å². The Balaban J connectivity index is 1.18. The molecule has 216 valence electrons. The van der Waals surface area contributed by atoms with E-state index in [-0.39, 0.29) is 41.1 Å². The minimum Gasteiger partial charge on any atom is -0.457 e.